The number of ether oxygens (including phenoxy) is 1. The monoisotopic (exact) mass is 367 g/mol. The van der Waals surface area contributed by atoms with Gasteiger partial charge in [-0.2, -0.15) is 4.31 Å². The molecule has 1 aromatic carbocycles. The predicted molar refractivity (Wildman–Crippen MR) is 93.2 cm³/mol. The van der Waals surface area contributed by atoms with Crippen LogP contribution in [-0.4, -0.2) is 62.9 Å². The Morgan fingerprint density at radius 2 is 1.84 bits per heavy atom. The Morgan fingerprint density at radius 1 is 1.16 bits per heavy atom. The van der Waals surface area contributed by atoms with Crippen LogP contribution in [0.25, 0.3) is 0 Å². The first-order valence-corrected chi connectivity index (χ1v) is 10.1. The second kappa shape index (κ2) is 7.82. The molecular weight excluding hydrogens is 342 g/mol. The van der Waals surface area contributed by atoms with Crippen LogP contribution in [0.5, 0.6) is 0 Å². The number of benzene rings is 1. The first-order valence-electron chi connectivity index (χ1n) is 8.65. The molecule has 138 valence electrons. The first kappa shape index (κ1) is 18.3. The highest BCUT2D eigenvalue weighted by Gasteiger charge is 2.27. The third-order valence-corrected chi connectivity index (χ3v) is 6.80. The van der Waals surface area contributed by atoms with Crippen molar-refractivity contribution in [2.45, 2.75) is 24.3 Å². The molecule has 3 rings (SSSR count). The van der Waals surface area contributed by atoms with Gasteiger partial charge in [0.15, 0.2) is 0 Å². The van der Waals surface area contributed by atoms with E-state index in [1.54, 1.807) is 18.2 Å². The van der Waals surface area contributed by atoms with Crippen molar-refractivity contribution in [3.63, 3.8) is 0 Å². The summed E-state index contributed by atoms with van der Waals surface area (Å²) in [6.45, 7) is 3.95. The smallest absolute Gasteiger partial charge is 0.243 e. The Hall–Kier alpha value is -1.48. The van der Waals surface area contributed by atoms with Gasteiger partial charge in [-0.25, -0.2) is 8.42 Å². The number of nitrogens with two attached hydrogens (primary N) is 1. The highest BCUT2D eigenvalue weighted by Crippen LogP contribution is 2.22. The van der Waals surface area contributed by atoms with Gasteiger partial charge < -0.3 is 10.5 Å². The molecule has 2 aliphatic rings. The van der Waals surface area contributed by atoms with Crippen LogP contribution in [0.1, 0.15) is 18.4 Å². The summed E-state index contributed by atoms with van der Waals surface area (Å²) in [6.07, 6.45) is 1.53. The Balaban J connectivity index is 1.66. The molecule has 2 aliphatic heterocycles. The topological polar surface area (TPSA) is 92.9 Å². The number of carbonyl (C=O) groups is 1. The van der Waals surface area contributed by atoms with Crippen LogP contribution in [0.15, 0.2) is 29.2 Å². The molecule has 0 aliphatic carbocycles. The maximum absolute atomic E-state index is 12.8. The first-order chi connectivity index (χ1) is 12.0. The van der Waals surface area contributed by atoms with Crippen LogP contribution in [0.3, 0.4) is 0 Å². The van der Waals surface area contributed by atoms with Crippen LogP contribution < -0.4 is 5.73 Å². The Labute approximate surface area is 148 Å². The van der Waals surface area contributed by atoms with Crippen molar-refractivity contribution in [3.8, 4) is 0 Å². The van der Waals surface area contributed by atoms with E-state index in [2.05, 4.69) is 4.90 Å². The zero-order chi connectivity index (χ0) is 17.9. The molecule has 2 N–H and O–H groups in total. The predicted octanol–water partition coefficient (Wildman–Crippen LogP) is 0.405. The third-order valence-electron chi connectivity index (χ3n) is 4.90. The van der Waals surface area contributed by atoms with Gasteiger partial charge in [0, 0.05) is 25.6 Å². The van der Waals surface area contributed by atoms with Gasteiger partial charge in [-0.1, -0.05) is 12.1 Å². The van der Waals surface area contributed by atoms with Gasteiger partial charge in [0.05, 0.1) is 18.1 Å². The number of likely N-dealkylation sites (tertiary alicyclic amines) is 1. The summed E-state index contributed by atoms with van der Waals surface area (Å²) in [4.78, 5) is 13.8. The zero-order valence-electron chi connectivity index (χ0n) is 14.3. The normalized spacial score (nSPS) is 21.3. The average molecular weight is 367 g/mol. The van der Waals surface area contributed by atoms with Crippen molar-refractivity contribution >= 4 is 15.9 Å². The summed E-state index contributed by atoms with van der Waals surface area (Å²) in [5, 5.41) is 0. The second-order valence-electron chi connectivity index (χ2n) is 6.62. The van der Waals surface area contributed by atoms with E-state index in [0.717, 1.165) is 31.5 Å². The molecule has 0 bridgehead atoms. The van der Waals surface area contributed by atoms with Gasteiger partial charge in [-0.15, -0.1) is 0 Å². The molecule has 0 atom stereocenters. The van der Waals surface area contributed by atoms with Crippen molar-refractivity contribution in [3.05, 3.63) is 29.8 Å². The highest BCUT2D eigenvalue weighted by molar-refractivity contribution is 7.89. The zero-order valence-corrected chi connectivity index (χ0v) is 15.1. The van der Waals surface area contributed by atoms with Crippen LogP contribution >= 0.6 is 0 Å². The van der Waals surface area contributed by atoms with E-state index < -0.39 is 10.0 Å². The number of piperidine rings is 1. The number of amides is 1. The minimum Gasteiger partial charge on any atom is -0.379 e. The Kier molecular flexibility index (Phi) is 5.73. The van der Waals surface area contributed by atoms with E-state index >= 15 is 0 Å². The molecule has 2 heterocycles. The average Bonchev–Trinajstić information content (AvgIpc) is 2.63. The lowest BCUT2D eigenvalue weighted by molar-refractivity contribution is -0.123. The number of sulfonamides is 1. The van der Waals surface area contributed by atoms with Gasteiger partial charge in [0.25, 0.3) is 0 Å². The fraction of sp³-hybridized carbons (Fsp3) is 0.588. The summed E-state index contributed by atoms with van der Waals surface area (Å²) >= 11 is 0. The van der Waals surface area contributed by atoms with E-state index in [1.165, 1.54) is 4.31 Å². The van der Waals surface area contributed by atoms with E-state index in [1.807, 2.05) is 6.07 Å². The summed E-state index contributed by atoms with van der Waals surface area (Å²) < 4.78 is 32.2. The molecule has 1 aromatic rings. The van der Waals surface area contributed by atoms with Gasteiger partial charge in [0.2, 0.25) is 15.9 Å². The van der Waals surface area contributed by atoms with Crippen LogP contribution in [0, 0.1) is 5.92 Å². The van der Waals surface area contributed by atoms with Crippen LogP contribution in [-0.2, 0) is 26.1 Å². The molecule has 2 fully saturated rings. The number of rotatable bonds is 5. The largest absolute Gasteiger partial charge is 0.379 e. The number of hydrogen-bond donors (Lipinski definition) is 1. The maximum Gasteiger partial charge on any atom is 0.243 e. The van der Waals surface area contributed by atoms with Gasteiger partial charge in [-0.05, 0) is 43.6 Å². The van der Waals surface area contributed by atoms with Gasteiger partial charge >= 0.3 is 0 Å². The standard InChI is InChI=1S/C17H25N3O4S/c18-17(21)15-4-6-19(7-5-15)13-14-2-1-3-16(12-14)25(22,23)20-8-10-24-11-9-20/h1-3,12,15H,4-11,13H2,(H2,18,21). The van der Waals surface area contributed by atoms with Crippen molar-refractivity contribution in [2.24, 2.45) is 11.7 Å². The number of morpholine rings is 1. The van der Waals surface area contributed by atoms with Crippen LogP contribution in [0.2, 0.25) is 0 Å². The number of hydrogen-bond acceptors (Lipinski definition) is 5. The minimum absolute atomic E-state index is 0.0377. The molecule has 0 radical (unpaired) electrons. The summed E-state index contributed by atoms with van der Waals surface area (Å²) in [5.74, 6) is -0.262. The molecule has 8 heteroatoms. The molecule has 2 saturated heterocycles. The fourth-order valence-electron chi connectivity index (χ4n) is 3.37. The van der Waals surface area contributed by atoms with Crippen LogP contribution in [0.4, 0.5) is 0 Å². The molecule has 1 amide bonds. The lowest BCUT2D eigenvalue weighted by Crippen LogP contribution is -2.40. The molecule has 0 spiro atoms. The van der Waals surface area contributed by atoms with Gasteiger partial charge in [-0.3, -0.25) is 9.69 Å². The summed E-state index contributed by atoms with van der Waals surface area (Å²) in [5.41, 5.74) is 6.33. The summed E-state index contributed by atoms with van der Waals surface area (Å²) in [6, 6.07) is 7.13. The highest BCUT2D eigenvalue weighted by atomic mass is 32.2. The molecule has 25 heavy (non-hydrogen) atoms. The lowest BCUT2D eigenvalue weighted by Gasteiger charge is -2.30. The van der Waals surface area contributed by atoms with Crippen molar-refractivity contribution in [2.75, 3.05) is 39.4 Å². The second-order valence-corrected chi connectivity index (χ2v) is 8.55. The Bertz CT molecular complexity index is 708. The third kappa shape index (κ3) is 4.38. The molecular formula is C17H25N3O4S. The van der Waals surface area contributed by atoms with Crippen molar-refractivity contribution in [1.82, 2.24) is 9.21 Å². The number of nitrogens with zero attached hydrogens (tertiary/aromatic N) is 2. The van der Waals surface area contributed by atoms with E-state index in [0.29, 0.717) is 37.7 Å². The quantitative estimate of drug-likeness (QED) is 0.813. The number of primary amides is 1. The molecule has 0 saturated carbocycles. The fourth-order valence-corrected chi connectivity index (χ4v) is 4.85. The SMILES string of the molecule is NC(=O)C1CCN(Cc2cccc(S(=O)(=O)N3CCOCC3)c2)CC1. The molecule has 0 unspecified atom stereocenters. The van der Waals surface area contributed by atoms with E-state index in [4.69, 9.17) is 10.5 Å². The van der Waals surface area contributed by atoms with Gasteiger partial charge in [0.1, 0.15) is 0 Å². The molecule has 7 nitrogen and oxygen atoms in total. The Morgan fingerprint density at radius 3 is 2.48 bits per heavy atom. The summed E-state index contributed by atoms with van der Waals surface area (Å²) in [7, 11) is -3.47. The van der Waals surface area contributed by atoms with E-state index in [9.17, 15) is 13.2 Å². The maximum atomic E-state index is 12.8. The molecule has 0 aromatic heterocycles. The van der Waals surface area contributed by atoms with Crippen molar-refractivity contribution in [1.29, 1.82) is 0 Å². The lowest BCUT2D eigenvalue weighted by atomic mass is 9.96. The minimum atomic E-state index is -3.47. The van der Waals surface area contributed by atoms with Crippen molar-refractivity contribution < 1.29 is 17.9 Å². The van der Waals surface area contributed by atoms with E-state index in [-0.39, 0.29) is 11.8 Å². The number of carbonyl (C=O) groups excluding carboxylic acids is 1.